The molecular formula is C29H26F4O4. The van der Waals surface area contributed by atoms with E-state index in [1.54, 1.807) is 18.2 Å². The molecule has 3 aromatic rings. The zero-order valence-electron chi connectivity index (χ0n) is 20.4. The molecule has 1 heterocycles. The number of fused-ring (bicyclic) bond motifs is 1. The SMILES string of the molecule is CC(C)c1cc2c(c(-c3ccc(F)cc3)c1C(=O)c1ccc(OC(F)(F)F)cc1)[C@@H](O)CC1(CCC1)O2. The zero-order valence-corrected chi connectivity index (χ0v) is 20.4. The molecule has 8 heteroatoms. The molecule has 0 bridgehead atoms. The van der Waals surface area contributed by atoms with Gasteiger partial charge in [0.15, 0.2) is 5.78 Å². The van der Waals surface area contributed by atoms with Crippen LogP contribution in [-0.2, 0) is 0 Å². The molecule has 0 radical (unpaired) electrons. The zero-order chi connectivity index (χ0) is 26.5. The average Bonchev–Trinajstić information content (AvgIpc) is 2.81. The van der Waals surface area contributed by atoms with Crippen molar-refractivity contribution in [1.82, 2.24) is 0 Å². The Morgan fingerprint density at radius 1 is 1.08 bits per heavy atom. The van der Waals surface area contributed by atoms with Crippen molar-refractivity contribution in [3.63, 3.8) is 0 Å². The minimum absolute atomic E-state index is 0.128. The lowest BCUT2D eigenvalue weighted by molar-refractivity contribution is -0.274. The summed E-state index contributed by atoms with van der Waals surface area (Å²) in [7, 11) is 0. The van der Waals surface area contributed by atoms with Gasteiger partial charge in [0.25, 0.3) is 0 Å². The molecule has 194 valence electrons. The summed E-state index contributed by atoms with van der Waals surface area (Å²) in [5.74, 6) is -0.938. The van der Waals surface area contributed by atoms with E-state index in [1.807, 2.05) is 13.8 Å². The van der Waals surface area contributed by atoms with Crippen molar-refractivity contribution >= 4 is 5.78 Å². The number of alkyl halides is 3. The standard InChI is InChI=1S/C29H26F4O4/c1-16(2)21-14-23-26(22(34)15-28(37-23)12-3-13-28)24(17-4-8-19(30)9-5-17)25(21)27(35)18-6-10-20(11-7-18)36-29(31,32)33/h4-11,14,16,22,34H,3,12-13,15H2,1-2H3/t22-/m0/s1. The lowest BCUT2D eigenvalue weighted by Crippen LogP contribution is -2.47. The number of ether oxygens (including phenoxy) is 2. The smallest absolute Gasteiger partial charge is 0.487 e. The van der Waals surface area contributed by atoms with E-state index in [4.69, 9.17) is 4.74 Å². The second-order valence-electron chi connectivity index (χ2n) is 10.0. The Balaban J connectivity index is 1.70. The minimum Gasteiger partial charge on any atom is -0.487 e. The number of halogens is 4. The first-order valence-corrected chi connectivity index (χ1v) is 12.2. The summed E-state index contributed by atoms with van der Waals surface area (Å²) in [6, 6.07) is 12.2. The van der Waals surface area contributed by atoms with Crippen LogP contribution in [0.15, 0.2) is 54.6 Å². The molecule has 0 unspecified atom stereocenters. The molecule has 0 saturated heterocycles. The van der Waals surface area contributed by atoms with E-state index >= 15 is 0 Å². The Labute approximate surface area is 211 Å². The number of hydrogen-bond donors (Lipinski definition) is 1. The third-order valence-electron chi connectivity index (χ3n) is 7.18. The molecule has 1 fully saturated rings. The van der Waals surface area contributed by atoms with Gasteiger partial charge in [-0.15, -0.1) is 13.2 Å². The van der Waals surface area contributed by atoms with Crippen LogP contribution in [0, 0.1) is 5.82 Å². The maximum atomic E-state index is 14.0. The fraction of sp³-hybridized carbons (Fsp3) is 0.345. The van der Waals surface area contributed by atoms with Crippen molar-refractivity contribution in [1.29, 1.82) is 0 Å². The van der Waals surface area contributed by atoms with Crippen molar-refractivity contribution in [2.45, 2.75) is 63.5 Å². The van der Waals surface area contributed by atoms with Crippen molar-refractivity contribution in [2.24, 2.45) is 0 Å². The molecule has 1 atom stereocenters. The molecule has 37 heavy (non-hydrogen) atoms. The Kier molecular flexibility index (Phi) is 6.26. The topological polar surface area (TPSA) is 55.8 Å². The second kappa shape index (κ2) is 9.17. The number of aliphatic hydroxyl groups is 1. The van der Waals surface area contributed by atoms with Gasteiger partial charge < -0.3 is 14.6 Å². The third kappa shape index (κ3) is 4.82. The number of hydrogen-bond acceptors (Lipinski definition) is 4. The molecule has 1 aliphatic heterocycles. The fourth-order valence-corrected chi connectivity index (χ4v) is 5.28. The van der Waals surface area contributed by atoms with Gasteiger partial charge in [-0.1, -0.05) is 26.0 Å². The monoisotopic (exact) mass is 514 g/mol. The third-order valence-corrected chi connectivity index (χ3v) is 7.18. The molecule has 1 N–H and O–H groups in total. The van der Waals surface area contributed by atoms with Crippen LogP contribution in [0.3, 0.4) is 0 Å². The van der Waals surface area contributed by atoms with Gasteiger partial charge in [0.05, 0.1) is 6.10 Å². The highest BCUT2D eigenvalue weighted by molar-refractivity contribution is 6.14. The minimum atomic E-state index is -4.85. The first-order chi connectivity index (χ1) is 17.5. The quantitative estimate of drug-likeness (QED) is 0.283. The van der Waals surface area contributed by atoms with E-state index in [0.717, 1.165) is 31.4 Å². The van der Waals surface area contributed by atoms with E-state index in [9.17, 15) is 27.5 Å². The number of ketones is 1. The van der Waals surface area contributed by atoms with Crippen LogP contribution in [0.5, 0.6) is 11.5 Å². The molecule has 2 aliphatic rings. The van der Waals surface area contributed by atoms with Gasteiger partial charge in [0.1, 0.15) is 22.9 Å². The number of aliphatic hydroxyl groups excluding tert-OH is 1. The fourth-order valence-electron chi connectivity index (χ4n) is 5.28. The van der Waals surface area contributed by atoms with Gasteiger partial charge in [0, 0.05) is 28.7 Å². The predicted molar refractivity (Wildman–Crippen MR) is 129 cm³/mol. The summed E-state index contributed by atoms with van der Waals surface area (Å²) in [4.78, 5) is 14.0. The molecule has 1 saturated carbocycles. The van der Waals surface area contributed by atoms with Gasteiger partial charge in [-0.2, -0.15) is 0 Å². The van der Waals surface area contributed by atoms with Crippen molar-refractivity contribution in [3.05, 3.63) is 82.7 Å². The van der Waals surface area contributed by atoms with Crippen LogP contribution in [0.1, 0.15) is 78.6 Å². The lowest BCUT2D eigenvalue weighted by atomic mass is 9.71. The molecule has 1 spiro atoms. The molecule has 0 amide bonds. The van der Waals surface area contributed by atoms with Crippen molar-refractivity contribution < 1.29 is 36.9 Å². The Morgan fingerprint density at radius 3 is 2.27 bits per heavy atom. The van der Waals surface area contributed by atoms with Crippen LogP contribution in [0.4, 0.5) is 17.6 Å². The predicted octanol–water partition coefficient (Wildman–Crippen LogP) is 7.48. The summed E-state index contributed by atoms with van der Waals surface area (Å²) in [5, 5.41) is 11.3. The number of rotatable bonds is 5. The first-order valence-electron chi connectivity index (χ1n) is 12.2. The first kappa shape index (κ1) is 25.3. The van der Waals surface area contributed by atoms with Gasteiger partial charge in [-0.25, -0.2) is 4.39 Å². The van der Waals surface area contributed by atoms with Gasteiger partial charge >= 0.3 is 6.36 Å². The van der Waals surface area contributed by atoms with E-state index in [0.29, 0.717) is 40.0 Å². The van der Waals surface area contributed by atoms with E-state index in [-0.39, 0.29) is 11.5 Å². The Bertz CT molecular complexity index is 1320. The number of benzene rings is 3. The number of carbonyl (C=O) groups excluding carboxylic acids is 1. The molecule has 4 nitrogen and oxygen atoms in total. The van der Waals surface area contributed by atoms with E-state index in [2.05, 4.69) is 4.74 Å². The molecule has 3 aromatic carbocycles. The molecule has 5 rings (SSSR count). The van der Waals surface area contributed by atoms with Crippen LogP contribution in [-0.4, -0.2) is 22.9 Å². The van der Waals surface area contributed by atoms with E-state index < -0.39 is 35.4 Å². The Hall–Kier alpha value is -3.39. The molecule has 0 aromatic heterocycles. The van der Waals surface area contributed by atoms with Gasteiger partial charge in [-0.3, -0.25) is 4.79 Å². The average molecular weight is 515 g/mol. The summed E-state index contributed by atoms with van der Waals surface area (Å²) >= 11 is 0. The van der Waals surface area contributed by atoms with Gasteiger partial charge in [0.2, 0.25) is 0 Å². The highest BCUT2D eigenvalue weighted by Gasteiger charge is 2.47. The number of carbonyl (C=O) groups is 1. The second-order valence-corrected chi connectivity index (χ2v) is 10.0. The van der Waals surface area contributed by atoms with E-state index in [1.165, 1.54) is 24.3 Å². The summed E-state index contributed by atoms with van der Waals surface area (Å²) in [6.07, 6.45) is -2.70. The summed E-state index contributed by atoms with van der Waals surface area (Å²) in [6.45, 7) is 3.84. The van der Waals surface area contributed by atoms with Crippen molar-refractivity contribution in [3.8, 4) is 22.6 Å². The van der Waals surface area contributed by atoms with Crippen LogP contribution in [0.2, 0.25) is 0 Å². The normalized spacial score (nSPS) is 18.2. The highest BCUT2D eigenvalue weighted by atomic mass is 19.4. The van der Waals surface area contributed by atoms with Crippen molar-refractivity contribution in [2.75, 3.05) is 0 Å². The summed E-state index contributed by atoms with van der Waals surface area (Å²) in [5.41, 5.74) is 2.14. The van der Waals surface area contributed by atoms with Crippen LogP contribution >= 0.6 is 0 Å². The van der Waals surface area contributed by atoms with Crippen LogP contribution < -0.4 is 9.47 Å². The molecular weight excluding hydrogens is 488 g/mol. The highest BCUT2D eigenvalue weighted by Crippen LogP contribution is 2.53. The Morgan fingerprint density at radius 2 is 1.73 bits per heavy atom. The molecule has 1 aliphatic carbocycles. The summed E-state index contributed by atoms with van der Waals surface area (Å²) < 4.78 is 62.0. The largest absolute Gasteiger partial charge is 0.573 e. The maximum Gasteiger partial charge on any atom is 0.573 e. The lowest BCUT2D eigenvalue weighted by Gasteiger charge is -2.47. The van der Waals surface area contributed by atoms with Crippen LogP contribution in [0.25, 0.3) is 11.1 Å². The maximum absolute atomic E-state index is 14.0. The van der Waals surface area contributed by atoms with Gasteiger partial charge in [-0.05, 0) is 78.8 Å².